The van der Waals surface area contributed by atoms with Gasteiger partial charge >= 0.3 is 0 Å². The molecular formula is C17H39N3O3. The van der Waals surface area contributed by atoms with Crippen LogP contribution in [0.15, 0.2) is 0 Å². The number of likely N-dealkylation sites (N-methyl/N-ethyl adjacent to an activating group) is 1. The quantitative estimate of drug-likeness (QED) is 0.694. The summed E-state index contributed by atoms with van der Waals surface area (Å²) in [5, 5.41) is 20.1. The molecule has 2 aliphatic heterocycles. The van der Waals surface area contributed by atoms with Crippen molar-refractivity contribution in [2.45, 2.75) is 50.9 Å². The number of likely N-dealkylation sites (tertiary alicyclic amines) is 2. The largest absolute Gasteiger partial charge is 0.395 e. The van der Waals surface area contributed by atoms with Gasteiger partial charge in [0.25, 0.3) is 0 Å². The molecular weight excluding hydrogens is 294 g/mol. The van der Waals surface area contributed by atoms with Gasteiger partial charge in [0.2, 0.25) is 0 Å². The number of aliphatic hydroxyl groups is 2. The van der Waals surface area contributed by atoms with Gasteiger partial charge in [-0.1, -0.05) is 0 Å². The van der Waals surface area contributed by atoms with Gasteiger partial charge in [-0.05, 0) is 53.8 Å². The SMILES string of the molecule is CN1CCC(O)CC1.CN[C@@H](C)CO.COC1CCN(C)CC1. The molecule has 1 atom stereocenters. The van der Waals surface area contributed by atoms with Crippen molar-refractivity contribution in [2.75, 3.05) is 61.0 Å². The van der Waals surface area contributed by atoms with Gasteiger partial charge in [0.05, 0.1) is 18.8 Å². The second-order valence-electron chi connectivity index (χ2n) is 6.65. The molecule has 23 heavy (non-hydrogen) atoms. The molecule has 2 aliphatic rings. The van der Waals surface area contributed by atoms with E-state index in [0.29, 0.717) is 6.10 Å². The van der Waals surface area contributed by atoms with Gasteiger partial charge in [-0.15, -0.1) is 0 Å². The van der Waals surface area contributed by atoms with Gasteiger partial charge in [0.15, 0.2) is 0 Å². The van der Waals surface area contributed by atoms with Crippen LogP contribution < -0.4 is 5.32 Å². The first-order chi connectivity index (χ1) is 10.9. The van der Waals surface area contributed by atoms with Gasteiger partial charge < -0.3 is 30.1 Å². The Hall–Kier alpha value is -0.240. The van der Waals surface area contributed by atoms with Crippen molar-refractivity contribution in [3.63, 3.8) is 0 Å². The molecule has 0 unspecified atom stereocenters. The number of aliphatic hydroxyl groups excluding tert-OH is 2. The van der Waals surface area contributed by atoms with E-state index in [0.717, 1.165) is 25.9 Å². The summed E-state index contributed by atoms with van der Waals surface area (Å²) in [6, 6.07) is 0.241. The summed E-state index contributed by atoms with van der Waals surface area (Å²) >= 11 is 0. The first-order valence-electron chi connectivity index (χ1n) is 8.78. The molecule has 0 spiro atoms. The molecule has 0 aromatic rings. The summed E-state index contributed by atoms with van der Waals surface area (Å²) in [6.45, 7) is 6.63. The number of hydrogen-bond donors (Lipinski definition) is 3. The van der Waals surface area contributed by atoms with Crippen LogP contribution in [0.2, 0.25) is 0 Å². The first-order valence-corrected chi connectivity index (χ1v) is 8.78. The minimum atomic E-state index is -0.0220. The zero-order valence-corrected chi connectivity index (χ0v) is 15.8. The van der Waals surface area contributed by atoms with Crippen LogP contribution in [0.25, 0.3) is 0 Å². The normalized spacial score (nSPS) is 22.6. The summed E-state index contributed by atoms with van der Waals surface area (Å²) < 4.78 is 5.21. The van der Waals surface area contributed by atoms with Gasteiger partial charge in [0.1, 0.15) is 0 Å². The molecule has 0 radical (unpaired) electrons. The molecule has 0 aromatic carbocycles. The summed E-state index contributed by atoms with van der Waals surface area (Å²) in [7, 11) is 7.87. The topological polar surface area (TPSA) is 68.2 Å². The maximum atomic E-state index is 9.00. The molecule has 140 valence electrons. The second-order valence-corrected chi connectivity index (χ2v) is 6.65. The minimum absolute atomic E-state index is 0.0220. The molecule has 0 amide bonds. The second kappa shape index (κ2) is 14.1. The van der Waals surface area contributed by atoms with Crippen LogP contribution in [0.5, 0.6) is 0 Å². The summed E-state index contributed by atoms with van der Waals surface area (Å²) in [5.74, 6) is 0. The van der Waals surface area contributed by atoms with Gasteiger partial charge in [-0.3, -0.25) is 0 Å². The Kier molecular flexibility index (Phi) is 14.0. The number of methoxy groups -OCH3 is 1. The molecule has 3 N–H and O–H groups in total. The van der Waals surface area contributed by atoms with Gasteiger partial charge in [-0.25, -0.2) is 0 Å². The van der Waals surface area contributed by atoms with Crippen LogP contribution in [-0.4, -0.2) is 99.3 Å². The molecule has 2 fully saturated rings. The van der Waals surface area contributed by atoms with Crippen molar-refractivity contribution < 1.29 is 14.9 Å². The van der Waals surface area contributed by atoms with E-state index in [4.69, 9.17) is 14.9 Å². The standard InChI is InChI=1S/C7H15NO.C6H13NO.C4H11NO/c1-8-5-3-7(9-2)4-6-8;1-7-4-2-6(8)3-5-7;1-4(3-6)5-2/h7H,3-6H2,1-2H3;6,8H,2-5H2,1H3;4-6H,3H2,1-2H3/t;;4-/m..0/s1. The fraction of sp³-hybridized carbons (Fsp3) is 1.00. The van der Waals surface area contributed by atoms with Crippen molar-refractivity contribution in [1.82, 2.24) is 15.1 Å². The third-order valence-corrected chi connectivity index (χ3v) is 4.45. The Morgan fingerprint density at radius 2 is 1.48 bits per heavy atom. The van der Waals surface area contributed by atoms with Gasteiger partial charge in [0, 0.05) is 39.3 Å². The lowest BCUT2D eigenvalue weighted by molar-refractivity contribution is 0.0484. The van der Waals surface area contributed by atoms with Crippen LogP contribution in [0, 0.1) is 0 Å². The Morgan fingerprint density at radius 1 is 1.04 bits per heavy atom. The highest BCUT2D eigenvalue weighted by molar-refractivity contribution is 4.69. The van der Waals surface area contributed by atoms with Crippen molar-refractivity contribution in [3.05, 3.63) is 0 Å². The van der Waals surface area contributed by atoms with E-state index < -0.39 is 0 Å². The van der Waals surface area contributed by atoms with Crippen LogP contribution in [0.1, 0.15) is 32.6 Å². The smallest absolute Gasteiger partial charge is 0.0595 e. The van der Waals surface area contributed by atoms with Crippen LogP contribution in [0.4, 0.5) is 0 Å². The van der Waals surface area contributed by atoms with Crippen LogP contribution >= 0.6 is 0 Å². The lowest BCUT2D eigenvalue weighted by Gasteiger charge is -2.27. The zero-order chi connectivity index (χ0) is 17.7. The molecule has 6 nitrogen and oxygen atoms in total. The molecule has 0 saturated carbocycles. The summed E-state index contributed by atoms with van der Waals surface area (Å²) in [6.07, 6.45) is 4.82. The zero-order valence-electron chi connectivity index (χ0n) is 15.8. The number of piperidine rings is 2. The van der Waals surface area contributed by atoms with Crippen molar-refractivity contribution in [3.8, 4) is 0 Å². The van der Waals surface area contributed by atoms with E-state index in [1.54, 1.807) is 7.11 Å². The Bertz CT molecular complexity index is 239. The lowest BCUT2D eigenvalue weighted by atomic mass is 10.1. The van der Waals surface area contributed by atoms with E-state index >= 15 is 0 Å². The minimum Gasteiger partial charge on any atom is -0.395 e. The van der Waals surface area contributed by atoms with E-state index in [-0.39, 0.29) is 18.8 Å². The fourth-order valence-electron chi connectivity index (χ4n) is 2.31. The van der Waals surface area contributed by atoms with Crippen molar-refractivity contribution >= 4 is 0 Å². The molecule has 2 heterocycles. The van der Waals surface area contributed by atoms with Crippen LogP contribution in [0.3, 0.4) is 0 Å². The molecule has 2 saturated heterocycles. The molecule has 2 rings (SSSR count). The maximum absolute atomic E-state index is 9.00. The summed E-state index contributed by atoms with van der Waals surface area (Å²) in [4.78, 5) is 4.59. The average Bonchev–Trinajstić information content (AvgIpc) is 2.58. The van der Waals surface area contributed by atoms with E-state index in [1.165, 1.54) is 25.9 Å². The Balaban J connectivity index is 0.000000323. The lowest BCUT2D eigenvalue weighted by Crippen LogP contribution is -2.33. The van der Waals surface area contributed by atoms with E-state index in [2.05, 4.69) is 29.2 Å². The Morgan fingerprint density at radius 3 is 1.74 bits per heavy atom. The predicted molar refractivity (Wildman–Crippen MR) is 95.9 cm³/mol. The van der Waals surface area contributed by atoms with Crippen LogP contribution in [-0.2, 0) is 4.74 Å². The number of ether oxygens (including phenoxy) is 1. The summed E-state index contributed by atoms with van der Waals surface area (Å²) in [5.41, 5.74) is 0. The number of nitrogens with one attached hydrogen (secondary N) is 1. The average molecular weight is 334 g/mol. The molecule has 0 aromatic heterocycles. The maximum Gasteiger partial charge on any atom is 0.0595 e. The number of rotatable bonds is 3. The highest BCUT2D eigenvalue weighted by Crippen LogP contribution is 2.10. The van der Waals surface area contributed by atoms with E-state index in [9.17, 15) is 0 Å². The van der Waals surface area contributed by atoms with Gasteiger partial charge in [-0.2, -0.15) is 0 Å². The molecule has 6 heteroatoms. The van der Waals surface area contributed by atoms with E-state index in [1.807, 2.05) is 14.0 Å². The third-order valence-electron chi connectivity index (χ3n) is 4.45. The number of hydrogen-bond acceptors (Lipinski definition) is 6. The third kappa shape index (κ3) is 12.8. The molecule has 0 bridgehead atoms. The first kappa shape index (κ1) is 22.8. The predicted octanol–water partition coefficient (Wildman–Crippen LogP) is 0.387. The highest BCUT2D eigenvalue weighted by atomic mass is 16.5. The highest BCUT2D eigenvalue weighted by Gasteiger charge is 2.14. The van der Waals surface area contributed by atoms with Crippen molar-refractivity contribution in [1.29, 1.82) is 0 Å². The Labute approximate surface area is 142 Å². The number of nitrogens with zero attached hydrogens (tertiary/aromatic N) is 2. The monoisotopic (exact) mass is 333 g/mol. The fourth-order valence-corrected chi connectivity index (χ4v) is 2.31. The molecule has 0 aliphatic carbocycles. The van der Waals surface area contributed by atoms with Crippen molar-refractivity contribution in [2.24, 2.45) is 0 Å².